The Bertz CT molecular complexity index is 690. The molecular weight excluding hydrogens is 352 g/mol. The molecule has 2 aliphatic rings. The first kappa shape index (κ1) is 18.8. The third-order valence-electron chi connectivity index (χ3n) is 5.17. The number of likely N-dealkylation sites (tertiary alicyclic amines) is 2. The molecule has 2 heterocycles. The standard InChI is InChI=1S/C20H25ClN2O3/c1-26-18-6-5-17(21)14-16(18)4-7-19(24)22-12-8-15(9-13-22)20(25)23-10-2-3-11-23/h4-7,14-15H,2-3,8-13H2,1H3. The van der Waals surface area contributed by atoms with E-state index >= 15 is 0 Å². The lowest BCUT2D eigenvalue weighted by molar-refractivity contribution is -0.138. The number of carbonyl (C=O) groups excluding carboxylic acids is 2. The van der Waals surface area contributed by atoms with Crippen molar-refractivity contribution in [2.75, 3.05) is 33.3 Å². The fraction of sp³-hybridized carbons (Fsp3) is 0.500. The number of hydrogen-bond donors (Lipinski definition) is 0. The molecule has 0 atom stereocenters. The summed E-state index contributed by atoms with van der Waals surface area (Å²) in [7, 11) is 1.59. The van der Waals surface area contributed by atoms with Gasteiger partial charge in [-0.05, 0) is 50.0 Å². The SMILES string of the molecule is COc1ccc(Cl)cc1C=CC(=O)N1CCC(C(=O)N2CCCC2)CC1. The van der Waals surface area contributed by atoms with Crippen LogP contribution in [0, 0.1) is 5.92 Å². The molecule has 0 aliphatic carbocycles. The van der Waals surface area contributed by atoms with Gasteiger partial charge in [0.25, 0.3) is 0 Å². The van der Waals surface area contributed by atoms with Crippen molar-refractivity contribution in [1.29, 1.82) is 0 Å². The number of ether oxygens (including phenoxy) is 1. The Hall–Kier alpha value is -2.01. The van der Waals surface area contributed by atoms with Crippen molar-refractivity contribution in [2.45, 2.75) is 25.7 Å². The van der Waals surface area contributed by atoms with Gasteiger partial charge in [0, 0.05) is 48.8 Å². The lowest BCUT2D eigenvalue weighted by atomic mass is 9.95. The molecule has 5 nitrogen and oxygen atoms in total. The summed E-state index contributed by atoms with van der Waals surface area (Å²) >= 11 is 6.02. The molecule has 1 aromatic rings. The number of amides is 2. The second-order valence-corrected chi connectivity index (χ2v) is 7.29. The van der Waals surface area contributed by atoms with Crippen LogP contribution in [-0.4, -0.2) is 54.9 Å². The third-order valence-corrected chi connectivity index (χ3v) is 5.41. The van der Waals surface area contributed by atoms with Gasteiger partial charge in [0.05, 0.1) is 7.11 Å². The molecule has 0 radical (unpaired) electrons. The Balaban J connectivity index is 1.55. The molecule has 140 valence electrons. The van der Waals surface area contributed by atoms with E-state index in [0.29, 0.717) is 23.9 Å². The van der Waals surface area contributed by atoms with E-state index in [4.69, 9.17) is 16.3 Å². The highest BCUT2D eigenvalue weighted by Crippen LogP contribution is 2.25. The van der Waals surface area contributed by atoms with Gasteiger partial charge in [-0.2, -0.15) is 0 Å². The fourth-order valence-corrected chi connectivity index (χ4v) is 3.83. The molecule has 0 spiro atoms. The number of piperidine rings is 1. The number of nitrogens with zero attached hydrogens (tertiary/aromatic N) is 2. The van der Waals surface area contributed by atoms with E-state index < -0.39 is 0 Å². The Morgan fingerprint density at radius 3 is 2.46 bits per heavy atom. The van der Waals surface area contributed by atoms with Gasteiger partial charge >= 0.3 is 0 Å². The summed E-state index contributed by atoms with van der Waals surface area (Å²) in [6, 6.07) is 5.30. The first-order valence-electron chi connectivity index (χ1n) is 9.18. The summed E-state index contributed by atoms with van der Waals surface area (Å²) in [5.74, 6) is 0.968. The van der Waals surface area contributed by atoms with Crippen molar-refractivity contribution in [3.63, 3.8) is 0 Å². The molecule has 0 aromatic heterocycles. The molecule has 0 N–H and O–H groups in total. The van der Waals surface area contributed by atoms with Gasteiger partial charge in [-0.25, -0.2) is 0 Å². The van der Waals surface area contributed by atoms with Gasteiger partial charge in [-0.3, -0.25) is 9.59 Å². The molecule has 0 bridgehead atoms. The molecule has 3 rings (SSSR count). The smallest absolute Gasteiger partial charge is 0.246 e. The molecular formula is C20H25ClN2O3. The van der Waals surface area contributed by atoms with Crippen LogP contribution in [0.2, 0.25) is 5.02 Å². The van der Waals surface area contributed by atoms with Crippen LogP contribution in [0.25, 0.3) is 6.08 Å². The van der Waals surface area contributed by atoms with Crippen LogP contribution in [0.1, 0.15) is 31.2 Å². The summed E-state index contributed by atoms with van der Waals surface area (Å²) in [5, 5.41) is 0.596. The van der Waals surface area contributed by atoms with Gasteiger partial charge in [-0.1, -0.05) is 11.6 Å². The van der Waals surface area contributed by atoms with E-state index in [1.807, 2.05) is 4.90 Å². The van der Waals surface area contributed by atoms with E-state index in [0.717, 1.165) is 44.3 Å². The second kappa shape index (κ2) is 8.58. The van der Waals surface area contributed by atoms with Crippen LogP contribution < -0.4 is 4.74 Å². The van der Waals surface area contributed by atoms with E-state index in [1.165, 1.54) is 0 Å². The Labute approximate surface area is 159 Å². The molecule has 2 aliphatic heterocycles. The number of benzene rings is 1. The highest BCUT2D eigenvalue weighted by Gasteiger charge is 2.30. The quantitative estimate of drug-likeness (QED) is 0.758. The monoisotopic (exact) mass is 376 g/mol. The molecule has 2 fully saturated rings. The van der Waals surface area contributed by atoms with E-state index in [9.17, 15) is 9.59 Å². The van der Waals surface area contributed by atoms with Crippen molar-refractivity contribution in [2.24, 2.45) is 5.92 Å². The Kier molecular flexibility index (Phi) is 6.20. The predicted octanol–water partition coefficient (Wildman–Crippen LogP) is 3.22. The highest BCUT2D eigenvalue weighted by atomic mass is 35.5. The molecule has 26 heavy (non-hydrogen) atoms. The van der Waals surface area contributed by atoms with Crippen LogP contribution in [0.3, 0.4) is 0 Å². The Morgan fingerprint density at radius 1 is 1.12 bits per heavy atom. The normalized spacial score (nSPS) is 18.5. The lowest BCUT2D eigenvalue weighted by Crippen LogP contribution is -2.43. The van der Waals surface area contributed by atoms with Crippen LogP contribution in [-0.2, 0) is 9.59 Å². The van der Waals surface area contributed by atoms with Crippen molar-refractivity contribution in [3.8, 4) is 5.75 Å². The first-order valence-corrected chi connectivity index (χ1v) is 9.55. The van der Waals surface area contributed by atoms with Crippen LogP contribution in [0.5, 0.6) is 5.75 Å². The van der Waals surface area contributed by atoms with Crippen LogP contribution in [0.4, 0.5) is 0 Å². The molecule has 6 heteroatoms. The summed E-state index contributed by atoms with van der Waals surface area (Å²) in [6.45, 7) is 3.03. The van der Waals surface area contributed by atoms with Crippen molar-refractivity contribution in [1.82, 2.24) is 9.80 Å². The minimum Gasteiger partial charge on any atom is -0.496 e. The molecule has 0 saturated carbocycles. The predicted molar refractivity (Wildman–Crippen MR) is 102 cm³/mol. The van der Waals surface area contributed by atoms with Crippen LogP contribution >= 0.6 is 11.6 Å². The van der Waals surface area contributed by atoms with Crippen LogP contribution in [0.15, 0.2) is 24.3 Å². The number of halogens is 1. The van der Waals surface area contributed by atoms with E-state index in [2.05, 4.69) is 0 Å². The minimum absolute atomic E-state index is 0.0425. The lowest BCUT2D eigenvalue weighted by Gasteiger charge is -2.32. The largest absolute Gasteiger partial charge is 0.496 e. The van der Waals surface area contributed by atoms with Crippen molar-refractivity contribution < 1.29 is 14.3 Å². The van der Waals surface area contributed by atoms with Gasteiger partial charge < -0.3 is 14.5 Å². The number of hydrogen-bond acceptors (Lipinski definition) is 3. The molecule has 2 amide bonds. The third kappa shape index (κ3) is 4.39. The maximum absolute atomic E-state index is 12.5. The number of carbonyl (C=O) groups is 2. The minimum atomic E-state index is -0.0425. The van der Waals surface area contributed by atoms with Crippen molar-refractivity contribution >= 4 is 29.5 Å². The number of methoxy groups -OCH3 is 1. The van der Waals surface area contributed by atoms with Gasteiger partial charge in [0.1, 0.15) is 5.75 Å². The average molecular weight is 377 g/mol. The zero-order valence-corrected chi connectivity index (χ0v) is 15.9. The zero-order valence-electron chi connectivity index (χ0n) is 15.1. The Morgan fingerprint density at radius 2 is 1.81 bits per heavy atom. The molecule has 0 unspecified atom stereocenters. The van der Waals surface area contributed by atoms with Gasteiger partial charge in [0.2, 0.25) is 11.8 Å². The topological polar surface area (TPSA) is 49.9 Å². The first-order chi connectivity index (χ1) is 12.6. The molecule has 1 aromatic carbocycles. The molecule has 2 saturated heterocycles. The zero-order chi connectivity index (χ0) is 18.5. The summed E-state index contributed by atoms with van der Waals surface area (Å²) in [4.78, 5) is 28.7. The maximum Gasteiger partial charge on any atom is 0.246 e. The summed E-state index contributed by atoms with van der Waals surface area (Å²) in [5.41, 5.74) is 0.771. The van der Waals surface area contributed by atoms with E-state index in [1.54, 1.807) is 42.4 Å². The van der Waals surface area contributed by atoms with E-state index in [-0.39, 0.29) is 17.7 Å². The van der Waals surface area contributed by atoms with Crippen molar-refractivity contribution in [3.05, 3.63) is 34.9 Å². The summed E-state index contributed by atoms with van der Waals surface area (Å²) in [6.07, 6.45) is 7.00. The fourth-order valence-electron chi connectivity index (χ4n) is 3.64. The summed E-state index contributed by atoms with van der Waals surface area (Å²) < 4.78 is 5.29. The van der Waals surface area contributed by atoms with Gasteiger partial charge in [-0.15, -0.1) is 0 Å². The maximum atomic E-state index is 12.5. The average Bonchev–Trinajstić information content (AvgIpc) is 3.20. The number of rotatable bonds is 4. The second-order valence-electron chi connectivity index (χ2n) is 6.85. The van der Waals surface area contributed by atoms with Gasteiger partial charge in [0.15, 0.2) is 0 Å². The highest BCUT2D eigenvalue weighted by molar-refractivity contribution is 6.30.